The lowest BCUT2D eigenvalue weighted by Gasteiger charge is -2.28. The van der Waals surface area contributed by atoms with E-state index in [9.17, 15) is 14.4 Å². The number of carboxylic acid groups (broad SMARTS) is 1. The molecular weight excluding hydrogens is 420 g/mol. The zero-order valence-corrected chi connectivity index (χ0v) is 18.8. The summed E-state index contributed by atoms with van der Waals surface area (Å²) in [4.78, 5) is 36.3. The fourth-order valence-corrected chi connectivity index (χ4v) is 4.92. The van der Waals surface area contributed by atoms with Gasteiger partial charge in [-0.3, -0.25) is 9.59 Å². The molecule has 0 aliphatic heterocycles. The summed E-state index contributed by atoms with van der Waals surface area (Å²) in [5.74, 6) is -1.41. The standard InChI is InChI=1S/C26H30N2O5/c1-2-23(24(29)27-17-13-11-16(12-14-17)25(30)31)28-26(32)33-15-22-20-9-5-3-7-18(20)19-8-4-6-10-21(19)22/h3-10,16-17,22-23H,2,11-15H2,1H3,(H,27,29)(H,28,32)(H,30,31)/t16?,17?,23-/m1/s1. The van der Waals surface area contributed by atoms with Crippen molar-refractivity contribution in [3.8, 4) is 11.1 Å². The van der Waals surface area contributed by atoms with E-state index in [1.54, 1.807) is 0 Å². The third-order valence-electron chi connectivity index (χ3n) is 6.78. The van der Waals surface area contributed by atoms with Crippen LogP contribution in [0.5, 0.6) is 0 Å². The maximum absolute atomic E-state index is 12.7. The number of carbonyl (C=O) groups excluding carboxylic acids is 2. The molecule has 4 rings (SSSR count). The van der Waals surface area contributed by atoms with E-state index in [0.29, 0.717) is 32.1 Å². The Kier molecular flexibility index (Phi) is 6.96. The number of aliphatic carboxylic acids is 1. The number of alkyl carbamates (subject to hydrolysis) is 1. The highest BCUT2D eigenvalue weighted by Crippen LogP contribution is 2.44. The Bertz CT molecular complexity index is 983. The minimum Gasteiger partial charge on any atom is -0.481 e. The number of nitrogens with one attached hydrogen (secondary N) is 2. The minimum atomic E-state index is -0.775. The molecule has 174 valence electrons. The number of rotatable bonds is 7. The second-order valence-corrected chi connectivity index (χ2v) is 8.83. The second kappa shape index (κ2) is 10.1. The molecule has 0 unspecified atom stereocenters. The third kappa shape index (κ3) is 5.02. The molecule has 2 amide bonds. The quantitative estimate of drug-likeness (QED) is 0.590. The monoisotopic (exact) mass is 450 g/mol. The lowest BCUT2D eigenvalue weighted by atomic mass is 9.86. The first kappa shape index (κ1) is 22.8. The van der Waals surface area contributed by atoms with Crippen molar-refractivity contribution >= 4 is 18.0 Å². The van der Waals surface area contributed by atoms with Crippen molar-refractivity contribution in [1.29, 1.82) is 0 Å². The van der Waals surface area contributed by atoms with Gasteiger partial charge in [0.05, 0.1) is 5.92 Å². The Morgan fingerprint density at radius 3 is 2.09 bits per heavy atom. The van der Waals surface area contributed by atoms with Gasteiger partial charge in [-0.2, -0.15) is 0 Å². The number of hydrogen-bond acceptors (Lipinski definition) is 4. The number of carboxylic acids is 1. The number of ether oxygens (including phenoxy) is 1. The first-order valence-electron chi connectivity index (χ1n) is 11.6. The van der Waals surface area contributed by atoms with E-state index in [4.69, 9.17) is 9.84 Å². The van der Waals surface area contributed by atoms with Crippen LogP contribution >= 0.6 is 0 Å². The highest BCUT2D eigenvalue weighted by Gasteiger charge is 2.31. The van der Waals surface area contributed by atoms with Gasteiger partial charge in [-0.1, -0.05) is 55.5 Å². The van der Waals surface area contributed by atoms with Crippen LogP contribution < -0.4 is 10.6 Å². The molecule has 2 aromatic carbocycles. The number of amides is 2. The normalized spacial score (nSPS) is 20.3. The van der Waals surface area contributed by atoms with Crippen molar-refractivity contribution in [2.45, 2.75) is 57.0 Å². The van der Waals surface area contributed by atoms with Crippen molar-refractivity contribution < 1.29 is 24.2 Å². The second-order valence-electron chi connectivity index (χ2n) is 8.83. The predicted molar refractivity (Wildman–Crippen MR) is 124 cm³/mol. The van der Waals surface area contributed by atoms with Crippen LogP contribution in [0.3, 0.4) is 0 Å². The molecular formula is C26H30N2O5. The fraction of sp³-hybridized carbons (Fsp3) is 0.423. The van der Waals surface area contributed by atoms with E-state index in [0.717, 1.165) is 22.3 Å². The molecule has 7 heteroatoms. The lowest BCUT2D eigenvalue weighted by molar-refractivity contribution is -0.142. The smallest absolute Gasteiger partial charge is 0.407 e. The number of fused-ring (bicyclic) bond motifs is 3. The topological polar surface area (TPSA) is 105 Å². The highest BCUT2D eigenvalue weighted by molar-refractivity contribution is 5.86. The SMILES string of the molecule is CC[C@@H](NC(=O)OCC1c2ccccc2-c2ccccc21)C(=O)NC1CCC(C(=O)O)CC1. The Labute approximate surface area is 193 Å². The highest BCUT2D eigenvalue weighted by atomic mass is 16.5. The molecule has 0 aromatic heterocycles. The molecule has 0 heterocycles. The summed E-state index contributed by atoms with van der Waals surface area (Å²) < 4.78 is 5.56. The van der Waals surface area contributed by atoms with Crippen molar-refractivity contribution in [3.05, 3.63) is 59.7 Å². The number of carbonyl (C=O) groups is 3. The van der Waals surface area contributed by atoms with Gasteiger partial charge >= 0.3 is 12.1 Å². The molecule has 0 bridgehead atoms. The summed E-state index contributed by atoms with van der Waals surface area (Å²) in [6.45, 7) is 2.02. The van der Waals surface area contributed by atoms with Gasteiger partial charge in [0.1, 0.15) is 12.6 Å². The summed E-state index contributed by atoms with van der Waals surface area (Å²) in [5.41, 5.74) is 4.58. The van der Waals surface area contributed by atoms with Crippen LogP contribution in [-0.4, -0.2) is 41.8 Å². The van der Waals surface area contributed by atoms with E-state index in [1.165, 1.54) is 0 Å². The van der Waals surface area contributed by atoms with Crippen LogP contribution in [0.4, 0.5) is 4.79 Å². The van der Waals surface area contributed by atoms with Crippen LogP contribution in [0.1, 0.15) is 56.1 Å². The van der Waals surface area contributed by atoms with Crippen LogP contribution in [0.2, 0.25) is 0 Å². The summed E-state index contributed by atoms with van der Waals surface area (Å²) in [7, 11) is 0. The molecule has 2 aliphatic carbocycles. The molecule has 33 heavy (non-hydrogen) atoms. The maximum Gasteiger partial charge on any atom is 0.407 e. The molecule has 0 saturated heterocycles. The minimum absolute atomic E-state index is 0.0403. The van der Waals surface area contributed by atoms with Gasteiger partial charge in [0.25, 0.3) is 0 Å². The van der Waals surface area contributed by atoms with Crippen molar-refractivity contribution in [2.24, 2.45) is 5.92 Å². The van der Waals surface area contributed by atoms with Crippen LogP contribution in [0.15, 0.2) is 48.5 Å². The first-order chi connectivity index (χ1) is 16.0. The largest absolute Gasteiger partial charge is 0.481 e. The predicted octanol–water partition coefficient (Wildman–Crippen LogP) is 4.06. The van der Waals surface area contributed by atoms with Gasteiger partial charge in [0, 0.05) is 12.0 Å². The number of benzene rings is 2. The maximum atomic E-state index is 12.7. The molecule has 7 nitrogen and oxygen atoms in total. The van der Waals surface area contributed by atoms with E-state index in [-0.39, 0.29) is 30.4 Å². The Hall–Kier alpha value is -3.35. The van der Waals surface area contributed by atoms with Gasteiger partial charge in [0.15, 0.2) is 0 Å². The van der Waals surface area contributed by atoms with E-state index >= 15 is 0 Å². The zero-order valence-electron chi connectivity index (χ0n) is 18.8. The average molecular weight is 451 g/mol. The van der Waals surface area contributed by atoms with E-state index in [1.807, 2.05) is 31.2 Å². The average Bonchev–Trinajstić information content (AvgIpc) is 3.15. The molecule has 0 radical (unpaired) electrons. The van der Waals surface area contributed by atoms with Crippen molar-refractivity contribution in [3.63, 3.8) is 0 Å². The number of hydrogen-bond donors (Lipinski definition) is 3. The van der Waals surface area contributed by atoms with E-state index < -0.39 is 18.1 Å². The van der Waals surface area contributed by atoms with Crippen molar-refractivity contribution in [1.82, 2.24) is 10.6 Å². The van der Waals surface area contributed by atoms with Gasteiger partial charge in [-0.05, 0) is 54.4 Å². The summed E-state index contributed by atoms with van der Waals surface area (Å²) >= 11 is 0. The van der Waals surface area contributed by atoms with Gasteiger partial charge in [-0.25, -0.2) is 4.79 Å². The van der Waals surface area contributed by atoms with Gasteiger partial charge in [-0.15, -0.1) is 0 Å². The molecule has 1 fully saturated rings. The Balaban J connectivity index is 1.31. The van der Waals surface area contributed by atoms with Crippen molar-refractivity contribution in [2.75, 3.05) is 6.61 Å². The molecule has 0 spiro atoms. The first-order valence-corrected chi connectivity index (χ1v) is 11.6. The fourth-order valence-electron chi connectivity index (χ4n) is 4.92. The molecule has 3 N–H and O–H groups in total. The lowest BCUT2D eigenvalue weighted by Crippen LogP contribution is -2.50. The van der Waals surface area contributed by atoms with Crippen LogP contribution in [0, 0.1) is 5.92 Å². The van der Waals surface area contributed by atoms with Crippen LogP contribution in [0.25, 0.3) is 11.1 Å². The molecule has 1 saturated carbocycles. The third-order valence-corrected chi connectivity index (χ3v) is 6.78. The van der Waals surface area contributed by atoms with Gasteiger partial charge in [0.2, 0.25) is 5.91 Å². The summed E-state index contributed by atoms with van der Waals surface area (Å²) in [5, 5.41) is 14.8. The Morgan fingerprint density at radius 1 is 0.970 bits per heavy atom. The summed E-state index contributed by atoms with van der Waals surface area (Å²) in [6, 6.07) is 15.5. The molecule has 1 atom stereocenters. The molecule has 2 aliphatic rings. The Morgan fingerprint density at radius 2 is 1.55 bits per heavy atom. The van der Waals surface area contributed by atoms with E-state index in [2.05, 4.69) is 34.9 Å². The summed E-state index contributed by atoms with van der Waals surface area (Å²) in [6.07, 6.45) is 2.18. The van der Waals surface area contributed by atoms with Gasteiger partial charge < -0.3 is 20.5 Å². The van der Waals surface area contributed by atoms with Crippen LogP contribution in [-0.2, 0) is 14.3 Å². The zero-order chi connectivity index (χ0) is 23.4. The molecule has 2 aromatic rings.